The number of H-pyrrole nitrogens is 1. The molecule has 1 aromatic rings. The molecule has 44 valence electrons. The first-order valence-electron chi connectivity index (χ1n) is 2.00. The molecule has 4 nitrogen and oxygen atoms in total. The van der Waals surface area contributed by atoms with E-state index in [0.29, 0.717) is 10.8 Å². The average Bonchev–Trinajstić information content (AvgIpc) is 2.14. The van der Waals surface area contributed by atoms with E-state index in [9.17, 15) is 0 Å². The molecule has 0 atom stereocenters. The molecule has 0 aliphatic carbocycles. The SMILES string of the molecule is NNc1[nH]ncc1Cl. The average molecular weight is 133 g/mol. The number of hydrogen-bond acceptors (Lipinski definition) is 3. The fraction of sp³-hybridized carbons (Fsp3) is 0. The van der Waals surface area contributed by atoms with E-state index in [0.717, 1.165) is 0 Å². The highest BCUT2D eigenvalue weighted by molar-refractivity contribution is 6.32. The van der Waals surface area contributed by atoms with E-state index in [-0.39, 0.29) is 0 Å². The van der Waals surface area contributed by atoms with Gasteiger partial charge in [0.25, 0.3) is 0 Å². The maximum Gasteiger partial charge on any atom is 0.154 e. The maximum atomic E-state index is 5.50. The van der Waals surface area contributed by atoms with E-state index < -0.39 is 0 Å². The molecule has 1 aromatic heterocycles. The fourth-order valence-electron chi connectivity index (χ4n) is 0.373. The molecule has 0 aromatic carbocycles. The zero-order valence-corrected chi connectivity index (χ0v) is 4.74. The van der Waals surface area contributed by atoms with Gasteiger partial charge in [-0.2, -0.15) is 5.10 Å². The van der Waals surface area contributed by atoms with Gasteiger partial charge in [0.2, 0.25) is 0 Å². The number of nitrogens with zero attached hydrogens (tertiary/aromatic N) is 1. The summed E-state index contributed by atoms with van der Waals surface area (Å²) in [7, 11) is 0. The van der Waals surface area contributed by atoms with Crippen LogP contribution in [-0.4, -0.2) is 10.2 Å². The van der Waals surface area contributed by atoms with Crippen molar-refractivity contribution >= 4 is 17.4 Å². The van der Waals surface area contributed by atoms with Crippen molar-refractivity contribution in [3.05, 3.63) is 11.2 Å². The lowest BCUT2D eigenvalue weighted by Crippen LogP contribution is -2.07. The summed E-state index contributed by atoms with van der Waals surface area (Å²) in [6.45, 7) is 0. The molecule has 0 unspecified atom stereocenters. The normalized spacial score (nSPS) is 9.25. The predicted molar refractivity (Wildman–Crippen MR) is 31.4 cm³/mol. The number of hydrogen-bond donors (Lipinski definition) is 3. The molecule has 0 saturated heterocycles. The fourth-order valence-corrected chi connectivity index (χ4v) is 0.518. The Morgan fingerprint density at radius 1 is 1.88 bits per heavy atom. The van der Waals surface area contributed by atoms with Crippen LogP contribution in [0.25, 0.3) is 0 Å². The molecule has 0 radical (unpaired) electrons. The molecule has 0 amide bonds. The Balaban J connectivity index is 2.92. The number of aromatic nitrogens is 2. The van der Waals surface area contributed by atoms with Gasteiger partial charge in [-0.3, -0.25) is 5.10 Å². The molecule has 0 saturated carbocycles. The number of halogens is 1. The molecule has 8 heavy (non-hydrogen) atoms. The largest absolute Gasteiger partial charge is 0.308 e. The number of hydrazine groups is 1. The van der Waals surface area contributed by atoms with E-state index in [4.69, 9.17) is 17.4 Å². The molecule has 0 aliphatic heterocycles. The van der Waals surface area contributed by atoms with Crippen LogP contribution in [0.1, 0.15) is 0 Å². The molecular formula is C3H5ClN4. The summed E-state index contributed by atoms with van der Waals surface area (Å²) in [5, 5.41) is 6.62. The minimum atomic E-state index is 0.493. The summed E-state index contributed by atoms with van der Waals surface area (Å²) in [6, 6.07) is 0. The maximum absolute atomic E-state index is 5.50. The van der Waals surface area contributed by atoms with Crippen LogP contribution in [0.5, 0.6) is 0 Å². The number of nitrogens with two attached hydrogens (primary N) is 1. The van der Waals surface area contributed by atoms with Crippen molar-refractivity contribution in [2.24, 2.45) is 5.84 Å². The lowest BCUT2D eigenvalue weighted by Gasteiger charge is -1.90. The van der Waals surface area contributed by atoms with Crippen molar-refractivity contribution in [3.8, 4) is 0 Å². The third kappa shape index (κ3) is 0.753. The third-order valence-electron chi connectivity index (χ3n) is 0.737. The number of aromatic amines is 1. The molecule has 0 fully saturated rings. The number of nitrogen functional groups attached to an aromatic ring is 1. The summed E-state index contributed by atoms with van der Waals surface area (Å²) >= 11 is 5.50. The highest BCUT2D eigenvalue weighted by Gasteiger charge is 1.95. The summed E-state index contributed by atoms with van der Waals surface area (Å²) in [5.74, 6) is 5.52. The Kier molecular flexibility index (Phi) is 1.36. The van der Waals surface area contributed by atoms with E-state index in [1.165, 1.54) is 6.20 Å². The van der Waals surface area contributed by atoms with Crippen molar-refractivity contribution in [2.75, 3.05) is 5.43 Å². The summed E-state index contributed by atoms with van der Waals surface area (Å²) < 4.78 is 0. The highest BCUT2D eigenvalue weighted by Crippen LogP contribution is 2.14. The van der Waals surface area contributed by atoms with E-state index in [2.05, 4.69) is 15.6 Å². The van der Waals surface area contributed by atoms with Gasteiger partial charge >= 0.3 is 0 Å². The molecule has 5 heteroatoms. The van der Waals surface area contributed by atoms with Crippen LogP contribution in [-0.2, 0) is 0 Å². The molecular weight excluding hydrogens is 128 g/mol. The van der Waals surface area contributed by atoms with Crippen molar-refractivity contribution in [3.63, 3.8) is 0 Å². The van der Waals surface area contributed by atoms with Crippen LogP contribution in [0.4, 0.5) is 5.82 Å². The van der Waals surface area contributed by atoms with Gasteiger partial charge in [0, 0.05) is 0 Å². The monoisotopic (exact) mass is 132 g/mol. The highest BCUT2D eigenvalue weighted by atomic mass is 35.5. The summed E-state index contributed by atoms with van der Waals surface area (Å²) in [5.41, 5.74) is 2.33. The standard InChI is InChI=1S/C3H5ClN4/c4-2-1-6-8-3(2)7-5/h1H,5H2,(H2,6,7,8). The Labute approximate surface area is 51.0 Å². The minimum absolute atomic E-state index is 0.493. The van der Waals surface area contributed by atoms with Crippen molar-refractivity contribution < 1.29 is 0 Å². The van der Waals surface area contributed by atoms with E-state index in [1.54, 1.807) is 0 Å². The Morgan fingerprint density at radius 3 is 2.88 bits per heavy atom. The number of rotatable bonds is 1. The van der Waals surface area contributed by atoms with Crippen LogP contribution < -0.4 is 11.3 Å². The van der Waals surface area contributed by atoms with Gasteiger partial charge in [-0.15, -0.1) is 0 Å². The van der Waals surface area contributed by atoms with Crippen LogP contribution in [0.3, 0.4) is 0 Å². The summed E-state index contributed by atoms with van der Waals surface area (Å²) in [4.78, 5) is 0. The van der Waals surface area contributed by atoms with E-state index in [1.807, 2.05) is 0 Å². The zero-order valence-electron chi connectivity index (χ0n) is 3.98. The smallest absolute Gasteiger partial charge is 0.154 e. The molecule has 0 bridgehead atoms. The van der Waals surface area contributed by atoms with Gasteiger partial charge in [0.1, 0.15) is 5.02 Å². The van der Waals surface area contributed by atoms with E-state index >= 15 is 0 Å². The first kappa shape index (κ1) is 5.40. The number of nitrogens with one attached hydrogen (secondary N) is 2. The second-order valence-electron chi connectivity index (χ2n) is 1.24. The van der Waals surface area contributed by atoms with Gasteiger partial charge in [-0.1, -0.05) is 11.6 Å². The quantitative estimate of drug-likeness (QED) is 0.382. The van der Waals surface area contributed by atoms with Crippen LogP contribution in [0, 0.1) is 0 Å². The van der Waals surface area contributed by atoms with Crippen LogP contribution in [0.15, 0.2) is 6.20 Å². The molecule has 1 rings (SSSR count). The predicted octanol–water partition coefficient (Wildman–Crippen LogP) is 0.349. The summed E-state index contributed by atoms with van der Waals surface area (Å²) in [6.07, 6.45) is 1.47. The molecule has 1 heterocycles. The van der Waals surface area contributed by atoms with Gasteiger partial charge in [0.05, 0.1) is 6.20 Å². The van der Waals surface area contributed by atoms with Gasteiger partial charge in [0.15, 0.2) is 5.82 Å². The lowest BCUT2D eigenvalue weighted by atomic mass is 10.7. The number of anilines is 1. The first-order valence-corrected chi connectivity index (χ1v) is 2.38. The minimum Gasteiger partial charge on any atom is -0.308 e. The zero-order chi connectivity index (χ0) is 5.98. The second kappa shape index (κ2) is 2.02. The van der Waals surface area contributed by atoms with Gasteiger partial charge in [-0.05, 0) is 0 Å². The van der Waals surface area contributed by atoms with Gasteiger partial charge in [-0.25, -0.2) is 5.84 Å². The first-order chi connectivity index (χ1) is 3.84. The van der Waals surface area contributed by atoms with Crippen molar-refractivity contribution in [2.45, 2.75) is 0 Å². The second-order valence-corrected chi connectivity index (χ2v) is 1.64. The Bertz CT molecular complexity index is 172. The molecule has 0 spiro atoms. The molecule has 4 N–H and O–H groups in total. The van der Waals surface area contributed by atoms with Gasteiger partial charge < -0.3 is 5.43 Å². The molecule has 0 aliphatic rings. The lowest BCUT2D eigenvalue weighted by molar-refractivity contribution is 1.08. The van der Waals surface area contributed by atoms with Crippen molar-refractivity contribution in [1.82, 2.24) is 10.2 Å². The third-order valence-corrected chi connectivity index (χ3v) is 1.02. The van der Waals surface area contributed by atoms with Crippen LogP contribution in [0.2, 0.25) is 5.02 Å². The Morgan fingerprint density at radius 2 is 2.62 bits per heavy atom. The van der Waals surface area contributed by atoms with Crippen molar-refractivity contribution in [1.29, 1.82) is 0 Å². The van der Waals surface area contributed by atoms with Crippen LogP contribution >= 0.6 is 11.6 Å². The topological polar surface area (TPSA) is 66.7 Å². The Hall–Kier alpha value is -0.740.